The molecule has 0 aliphatic carbocycles. The zero-order chi connectivity index (χ0) is 14.0. The minimum Gasteiger partial charge on any atom is -0.487 e. The summed E-state index contributed by atoms with van der Waals surface area (Å²) >= 11 is 11.8. The van der Waals surface area contributed by atoms with Crippen LogP contribution in [0.25, 0.3) is 0 Å². The Labute approximate surface area is 118 Å². The molecule has 1 aromatic carbocycles. The number of carbonyl (C=O) groups is 1. The van der Waals surface area contributed by atoms with E-state index in [-0.39, 0.29) is 12.3 Å². The van der Waals surface area contributed by atoms with E-state index in [0.29, 0.717) is 27.1 Å². The van der Waals surface area contributed by atoms with Crippen molar-refractivity contribution in [1.82, 2.24) is 5.16 Å². The molecule has 7 heteroatoms. The van der Waals surface area contributed by atoms with E-state index in [1.165, 1.54) is 0 Å². The number of aryl methyl sites for hydroxylation is 1. The van der Waals surface area contributed by atoms with Crippen molar-refractivity contribution in [2.45, 2.75) is 13.5 Å². The molecule has 2 aromatic rings. The molecule has 1 aromatic heterocycles. The van der Waals surface area contributed by atoms with E-state index in [9.17, 15) is 4.79 Å². The average molecular weight is 302 g/mol. The summed E-state index contributed by atoms with van der Waals surface area (Å²) in [5.74, 6) is -0.422. The van der Waals surface area contributed by atoms with Crippen LogP contribution < -0.4 is 4.74 Å². The number of ether oxygens (including phenoxy) is 1. The second-order valence-corrected chi connectivity index (χ2v) is 4.58. The molecule has 0 radical (unpaired) electrons. The number of benzene rings is 1. The predicted molar refractivity (Wildman–Crippen MR) is 69.0 cm³/mol. The monoisotopic (exact) mass is 301 g/mol. The van der Waals surface area contributed by atoms with Crippen molar-refractivity contribution >= 4 is 29.2 Å². The van der Waals surface area contributed by atoms with Gasteiger partial charge in [-0.15, -0.1) is 0 Å². The topological polar surface area (TPSA) is 72.6 Å². The van der Waals surface area contributed by atoms with Gasteiger partial charge < -0.3 is 14.4 Å². The van der Waals surface area contributed by atoms with Crippen LogP contribution in [0.3, 0.4) is 0 Å². The first kappa shape index (κ1) is 13.7. The van der Waals surface area contributed by atoms with Crippen molar-refractivity contribution in [3.63, 3.8) is 0 Å². The number of hydrogen-bond acceptors (Lipinski definition) is 4. The van der Waals surface area contributed by atoms with E-state index < -0.39 is 5.97 Å². The molecular weight excluding hydrogens is 293 g/mol. The van der Waals surface area contributed by atoms with Crippen LogP contribution in [0, 0.1) is 6.92 Å². The minimum atomic E-state index is -1.17. The number of rotatable bonds is 4. The van der Waals surface area contributed by atoms with Gasteiger partial charge in [0.1, 0.15) is 18.1 Å². The van der Waals surface area contributed by atoms with E-state index in [2.05, 4.69) is 5.16 Å². The first-order valence-corrected chi connectivity index (χ1v) is 6.01. The van der Waals surface area contributed by atoms with Crippen molar-refractivity contribution in [1.29, 1.82) is 0 Å². The van der Waals surface area contributed by atoms with E-state index in [0.717, 1.165) is 0 Å². The number of aromatic nitrogens is 1. The van der Waals surface area contributed by atoms with E-state index in [1.807, 2.05) is 0 Å². The van der Waals surface area contributed by atoms with Crippen LogP contribution in [0.5, 0.6) is 5.75 Å². The summed E-state index contributed by atoms with van der Waals surface area (Å²) < 4.78 is 10.3. The SMILES string of the molecule is Cc1onc(C(=O)O)c1COc1cc(Cl)ccc1Cl. The minimum absolute atomic E-state index is 0.0168. The van der Waals surface area contributed by atoms with Gasteiger partial charge in [-0.25, -0.2) is 4.79 Å². The average Bonchev–Trinajstić information content (AvgIpc) is 2.72. The molecule has 0 spiro atoms. The number of hydrogen-bond donors (Lipinski definition) is 1. The Balaban J connectivity index is 2.21. The summed E-state index contributed by atoms with van der Waals surface area (Å²) in [6.45, 7) is 1.59. The molecule has 0 bridgehead atoms. The summed E-state index contributed by atoms with van der Waals surface area (Å²) in [6.07, 6.45) is 0. The van der Waals surface area contributed by atoms with Crippen LogP contribution in [0.2, 0.25) is 10.0 Å². The molecular formula is C12H9Cl2NO4. The van der Waals surface area contributed by atoms with Gasteiger partial charge in [-0.2, -0.15) is 0 Å². The van der Waals surface area contributed by atoms with Gasteiger partial charge in [0.15, 0.2) is 5.69 Å². The normalized spacial score (nSPS) is 10.5. The van der Waals surface area contributed by atoms with Gasteiger partial charge in [0, 0.05) is 11.1 Å². The largest absolute Gasteiger partial charge is 0.487 e. The lowest BCUT2D eigenvalue weighted by Gasteiger charge is -2.07. The molecule has 0 aliphatic rings. The number of carboxylic acids is 1. The Hall–Kier alpha value is -1.72. The lowest BCUT2D eigenvalue weighted by molar-refractivity contribution is 0.0683. The van der Waals surface area contributed by atoms with Crippen LogP contribution in [-0.2, 0) is 6.61 Å². The molecule has 2 rings (SSSR count). The summed E-state index contributed by atoms with van der Waals surface area (Å²) in [4.78, 5) is 10.9. The zero-order valence-corrected chi connectivity index (χ0v) is 11.3. The Kier molecular flexibility index (Phi) is 3.97. The Morgan fingerprint density at radius 2 is 2.21 bits per heavy atom. The van der Waals surface area contributed by atoms with Crippen LogP contribution in [0.4, 0.5) is 0 Å². The molecule has 0 saturated carbocycles. The number of aromatic carboxylic acids is 1. The van der Waals surface area contributed by atoms with Gasteiger partial charge in [-0.1, -0.05) is 28.4 Å². The molecule has 0 amide bonds. The van der Waals surface area contributed by atoms with Gasteiger partial charge in [-0.3, -0.25) is 0 Å². The quantitative estimate of drug-likeness (QED) is 0.934. The first-order chi connectivity index (χ1) is 8.99. The van der Waals surface area contributed by atoms with Crippen molar-refractivity contribution in [3.05, 3.63) is 45.3 Å². The highest BCUT2D eigenvalue weighted by Crippen LogP contribution is 2.29. The smallest absolute Gasteiger partial charge is 0.358 e. The number of carboxylic acid groups (broad SMARTS) is 1. The molecule has 1 heterocycles. The fourth-order valence-electron chi connectivity index (χ4n) is 1.47. The zero-order valence-electron chi connectivity index (χ0n) is 9.81. The van der Waals surface area contributed by atoms with Crippen molar-refractivity contribution < 1.29 is 19.2 Å². The number of nitrogens with zero attached hydrogens (tertiary/aromatic N) is 1. The maximum atomic E-state index is 10.9. The first-order valence-electron chi connectivity index (χ1n) is 5.25. The lowest BCUT2D eigenvalue weighted by Crippen LogP contribution is -2.05. The highest BCUT2D eigenvalue weighted by Gasteiger charge is 2.19. The molecule has 1 N–H and O–H groups in total. The number of halogens is 2. The van der Waals surface area contributed by atoms with Crippen LogP contribution >= 0.6 is 23.2 Å². The van der Waals surface area contributed by atoms with Crippen molar-refractivity contribution in [3.8, 4) is 5.75 Å². The van der Waals surface area contributed by atoms with E-state index in [4.69, 9.17) is 37.6 Å². The second-order valence-electron chi connectivity index (χ2n) is 3.73. The Morgan fingerprint density at radius 1 is 1.47 bits per heavy atom. The standard InChI is InChI=1S/C12H9Cl2NO4/c1-6-8(11(12(16)17)15-19-6)5-18-10-4-7(13)2-3-9(10)14/h2-4H,5H2,1H3,(H,16,17). The highest BCUT2D eigenvalue weighted by atomic mass is 35.5. The highest BCUT2D eigenvalue weighted by molar-refractivity contribution is 6.34. The van der Waals surface area contributed by atoms with Gasteiger partial charge in [0.05, 0.1) is 10.6 Å². The van der Waals surface area contributed by atoms with Gasteiger partial charge in [0.25, 0.3) is 0 Å². The molecule has 0 unspecified atom stereocenters. The van der Waals surface area contributed by atoms with Crippen molar-refractivity contribution in [2.75, 3.05) is 0 Å². The summed E-state index contributed by atoms with van der Waals surface area (Å²) in [5.41, 5.74) is 0.194. The molecule has 0 saturated heterocycles. The summed E-state index contributed by atoms with van der Waals surface area (Å²) in [5, 5.41) is 13.3. The Bertz CT molecular complexity index is 624. The van der Waals surface area contributed by atoms with Gasteiger partial charge in [0.2, 0.25) is 0 Å². The molecule has 5 nitrogen and oxygen atoms in total. The maximum Gasteiger partial charge on any atom is 0.358 e. The lowest BCUT2D eigenvalue weighted by atomic mass is 10.2. The third kappa shape index (κ3) is 3.00. The van der Waals surface area contributed by atoms with E-state index >= 15 is 0 Å². The second kappa shape index (κ2) is 5.50. The molecule has 0 atom stereocenters. The fourth-order valence-corrected chi connectivity index (χ4v) is 1.80. The van der Waals surface area contributed by atoms with E-state index in [1.54, 1.807) is 25.1 Å². The molecule has 0 aliphatic heterocycles. The predicted octanol–water partition coefficient (Wildman–Crippen LogP) is 3.57. The third-order valence-electron chi connectivity index (χ3n) is 2.45. The fraction of sp³-hybridized carbons (Fsp3) is 0.167. The molecule has 0 fully saturated rings. The van der Waals surface area contributed by atoms with Crippen LogP contribution in [0.15, 0.2) is 22.7 Å². The maximum absolute atomic E-state index is 10.9. The Morgan fingerprint density at radius 3 is 2.89 bits per heavy atom. The third-order valence-corrected chi connectivity index (χ3v) is 3.00. The van der Waals surface area contributed by atoms with Crippen molar-refractivity contribution in [2.24, 2.45) is 0 Å². The molecule has 19 heavy (non-hydrogen) atoms. The van der Waals surface area contributed by atoms with Gasteiger partial charge >= 0.3 is 5.97 Å². The van der Waals surface area contributed by atoms with Crippen LogP contribution in [0.1, 0.15) is 21.8 Å². The van der Waals surface area contributed by atoms with Gasteiger partial charge in [-0.05, 0) is 19.1 Å². The van der Waals surface area contributed by atoms with Crippen LogP contribution in [-0.4, -0.2) is 16.2 Å². The molecule has 100 valence electrons. The summed E-state index contributed by atoms with van der Waals surface area (Å²) in [7, 11) is 0. The summed E-state index contributed by atoms with van der Waals surface area (Å²) in [6, 6.07) is 4.77.